The van der Waals surface area contributed by atoms with Crippen molar-refractivity contribution in [3.05, 3.63) is 56.0 Å². The summed E-state index contributed by atoms with van der Waals surface area (Å²) in [5, 5.41) is 15.0. The van der Waals surface area contributed by atoms with Gasteiger partial charge >= 0.3 is 0 Å². The van der Waals surface area contributed by atoms with Gasteiger partial charge in [-0.3, -0.25) is 10.1 Å². The topological polar surface area (TPSA) is 90.1 Å². The molecule has 0 radical (unpaired) electrons. The third-order valence-electron chi connectivity index (χ3n) is 8.88. The molecule has 1 aromatic carbocycles. The van der Waals surface area contributed by atoms with Crippen LogP contribution in [0.1, 0.15) is 80.5 Å². The second-order valence-electron chi connectivity index (χ2n) is 11.7. The molecule has 0 spiro atoms. The van der Waals surface area contributed by atoms with Crippen LogP contribution in [-0.4, -0.2) is 66.0 Å². The standard InChI is InChI=1S/C31H45ClN4O4/c1-4-36(22-8-12-39-13-9-22)28-18-25(40-24-15-23(16-24)35-10-6-5-7-11-35)17-26(29(28)32)30(37)33-19-27-20(2)14-21(3)34-31(27)38/h14,17-18,22-24,30,33,37H,4-13,15-16,19H2,1-3H3,(H,34,38)/t23-,24-,30?. The van der Waals surface area contributed by atoms with Gasteiger partial charge in [-0.25, -0.2) is 0 Å². The van der Waals surface area contributed by atoms with Crippen LogP contribution < -0.4 is 20.5 Å². The first-order chi connectivity index (χ1) is 19.3. The molecule has 0 bridgehead atoms. The Morgan fingerprint density at radius 2 is 1.90 bits per heavy atom. The van der Waals surface area contributed by atoms with Gasteiger partial charge in [0.15, 0.2) is 0 Å². The van der Waals surface area contributed by atoms with Crippen LogP contribution in [0.15, 0.2) is 23.0 Å². The highest BCUT2D eigenvalue weighted by molar-refractivity contribution is 6.34. The number of aliphatic hydroxyl groups excluding tert-OH is 1. The van der Waals surface area contributed by atoms with Gasteiger partial charge in [0.1, 0.15) is 18.1 Å². The number of ether oxygens (including phenoxy) is 2. The third kappa shape index (κ3) is 6.68. The Hall–Kier alpha value is -2.10. The van der Waals surface area contributed by atoms with Gasteiger partial charge in [0, 0.05) is 74.1 Å². The fourth-order valence-electron chi connectivity index (χ4n) is 6.52. The Balaban J connectivity index is 1.37. The van der Waals surface area contributed by atoms with Gasteiger partial charge in [-0.05, 0) is 77.2 Å². The van der Waals surface area contributed by atoms with Gasteiger partial charge in [0.05, 0.1) is 10.7 Å². The average molecular weight is 573 g/mol. The van der Waals surface area contributed by atoms with E-state index in [2.05, 4.69) is 27.0 Å². The second kappa shape index (κ2) is 13.3. The molecule has 2 saturated heterocycles. The summed E-state index contributed by atoms with van der Waals surface area (Å²) >= 11 is 7.04. The number of aliphatic hydroxyl groups is 1. The summed E-state index contributed by atoms with van der Waals surface area (Å²) in [6.45, 7) is 10.8. The lowest BCUT2D eigenvalue weighted by Crippen LogP contribution is -2.50. The first kappa shape index (κ1) is 29.4. The number of anilines is 1. The van der Waals surface area contributed by atoms with E-state index >= 15 is 0 Å². The van der Waals surface area contributed by atoms with E-state index in [9.17, 15) is 9.90 Å². The number of piperidine rings is 1. The summed E-state index contributed by atoms with van der Waals surface area (Å²) in [6, 6.07) is 6.76. The smallest absolute Gasteiger partial charge is 0.252 e. The fourth-order valence-corrected chi connectivity index (χ4v) is 6.84. The van der Waals surface area contributed by atoms with Crippen LogP contribution >= 0.6 is 11.6 Å². The molecule has 2 aliphatic heterocycles. The zero-order chi connectivity index (χ0) is 28.2. The number of halogens is 1. The van der Waals surface area contributed by atoms with E-state index < -0.39 is 6.23 Å². The van der Waals surface area contributed by atoms with Gasteiger partial charge in [0.25, 0.3) is 5.56 Å². The van der Waals surface area contributed by atoms with Crippen molar-refractivity contribution in [2.24, 2.45) is 0 Å². The molecule has 9 heteroatoms. The predicted molar refractivity (Wildman–Crippen MR) is 160 cm³/mol. The molecule has 1 aromatic heterocycles. The number of aromatic amines is 1. The minimum Gasteiger partial charge on any atom is -0.490 e. The van der Waals surface area contributed by atoms with Crippen molar-refractivity contribution in [1.29, 1.82) is 0 Å². The normalized spacial score (nSPS) is 23.0. The molecule has 3 fully saturated rings. The van der Waals surface area contributed by atoms with E-state index in [1.165, 1.54) is 32.4 Å². The molecule has 2 aromatic rings. The third-order valence-corrected chi connectivity index (χ3v) is 9.29. The highest BCUT2D eigenvalue weighted by atomic mass is 35.5. The Morgan fingerprint density at radius 3 is 2.58 bits per heavy atom. The highest BCUT2D eigenvalue weighted by Crippen LogP contribution is 2.40. The van der Waals surface area contributed by atoms with Crippen LogP contribution in [0.5, 0.6) is 5.75 Å². The molecule has 0 amide bonds. The first-order valence-electron chi connectivity index (χ1n) is 15.0. The number of rotatable bonds is 10. The Morgan fingerprint density at radius 1 is 1.18 bits per heavy atom. The molecule has 3 N–H and O–H groups in total. The minimum atomic E-state index is -1.06. The number of pyridine rings is 1. The van der Waals surface area contributed by atoms with Crippen LogP contribution in [-0.2, 0) is 11.3 Å². The number of hydrogen-bond donors (Lipinski definition) is 3. The molecule has 40 heavy (non-hydrogen) atoms. The van der Waals surface area contributed by atoms with Crippen LogP contribution in [0.3, 0.4) is 0 Å². The Kier molecular flexibility index (Phi) is 9.74. The maximum atomic E-state index is 12.5. The van der Waals surface area contributed by atoms with Crippen LogP contribution in [0.25, 0.3) is 0 Å². The maximum absolute atomic E-state index is 12.5. The second-order valence-corrected chi connectivity index (χ2v) is 12.0. The van der Waals surface area contributed by atoms with E-state index in [0.717, 1.165) is 68.1 Å². The lowest BCUT2D eigenvalue weighted by Gasteiger charge is -2.44. The summed E-state index contributed by atoms with van der Waals surface area (Å²) in [4.78, 5) is 20.3. The lowest BCUT2D eigenvalue weighted by molar-refractivity contribution is 0.00875. The van der Waals surface area contributed by atoms with Crippen LogP contribution in [0.2, 0.25) is 5.02 Å². The van der Waals surface area contributed by atoms with E-state index in [0.29, 0.717) is 28.2 Å². The summed E-state index contributed by atoms with van der Waals surface area (Å²) in [5.41, 5.74) is 3.59. The molecule has 1 atom stereocenters. The molecule has 8 nitrogen and oxygen atoms in total. The molecule has 1 saturated carbocycles. The molecule has 3 heterocycles. The summed E-state index contributed by atoms with van der Waals surface area (Å²) in [7, 11) is 0. The van der Waals surface area contributed by atoms with Gasteiger partial charge < -0.3 is 29.4 Å². The van der Waals surface area contributed by atoms with Gasteiger partial charge in [-0.1, -0.05) is 18.0 Å². The number of likely N-dealkylation sites (tertiary alicyclic amines) is 1. The molecular formula is C31H45ClN4O4. The van der Waals surface area contributed by atoms with Crippen molar-refractivity contribution in [2.45, 2.75) is 96.7 Å². The summed E-state index contributed by atoms with van der Waals surface area (Å²) < 4.78 is 12.1. The quantitative estimate of drug-likeness (QED) is 0.351. The maximum Gasteiger partial charge on any atom is 0.252 e. The Bertz CT molecular complexity index is 1200. The fraction of sp³-hybridized carbons (Fsp3) is 0.645. The average Bonchev–Trinajstić information content (AvgIpc) is 2.92. The number of aryl methyl sites for hydroxylation is 2. The van der Waals surface area contributed by atoms with Crippen molar-refractivity contribution < 1.29 is 14.6 Å². The van der Waals surface area contributed by atoms with E-state index in [1.807, 2.05) is 32.0 Å². The Labute approximate surface area is 243 Å². The van der Waals surface area contributed by atoms with Gasteiger partial charge in [0.2, 0.25) is 0 Å². The lowest BCUT2D eigenvalue weighted by atomic mass is 9.86. The number of hydrogen-bond acceptors (Lipinski definition) is 7. The molecule has 220 valence electrons. The number of nitrogens with zero attached hydrogens (tertiary/aromatic N) is 2. The molecule has 5 rings (SSSR count). The minimum absolute atomic E-state index is 0.147. The van der Waals surface area contributed by atoms with Crippen molar-refractivity contribution in [2.75, 3.05) is 37.7 Å². The predicted octanol–water partition coefficient (Wildman–Crippen LogP) is 4.83. The van der Waals surface area contributed by atoms with Gasteiger partial charge in [-0.15, -0.1) is 0 Å². The summed E-state index contributed by atoms with van der Waals surface area (Å²) in [5.74, 6) is 0.729. The van der Waals surface area contributed by atoms with E-state index in [-0.39, 0.29) is 18.2 Å². The zero-order valence-corrected chi connectivity index (χ0v) is 24.9. The van der Waals surface area contributed by atoms with Crippen molar-refractivity contribution >= 4 is 17.3 Å². The zero-order valence-electron chi connectivity index (χ0n) is 24.2. The molecule has 1 unspecified atom stereocenters. The van der Waals surface area contributed by atoms with Crippen LogP contribution in [0, 0.1) is 13.8 Å². The number of nitrogens with one attached hydrogen (secondary N) is 2. The van der Waals surface area contributed by atoms with Crippen molar-refractivity contribution in [3.8, 4) is 5.75 Å². The SMILES string of the molecule is CCN(c1cc(O[C@H]2C[C@H](N3CCCCC3)C2)cc(C(O)NCc2c(C)cc(C)[nH]c2=O)c1Cl)C1CCOCC1. The molecule has 3 aliphatic rings. The van der Waals surface area contributed by atoms with Crippen LogP contribution in [0.4, 0.5) is 5.69 Å². The number of aromatic nitrogens is 1. The van der Waals surface area contributed by atoms with Crippen molar-refractivity contribution in [3.63, 3.8) is 0 Å². The first-order valence-corrected chi connectivity index (χ1v) is 15.4. The summed E-state index contributed by atoms with van der Waals surface area (Å²) in [6.07, 6.45) is 6.95. The number of benzene rings is 1. The monoisotopic (exact) mass is 572 g/mol. The van der Waals surface area contributed by atoms with Crippen molar-refractivity contribution in [1.82, 2.24) is 15.2 Å². The van der Waals surface area contributed by atoms with E-state index in [4.69, 9.17) is 21.1 Å². The van der Waals surface area contributed by atoms with Gasteiger partial charge in [-0.2, -0.15) is 0 Å². The molecule has 1 aliphatic carbocycles. The van der Waals surface area contributed by atoms with E-state index in [1.54, 1.807) is 0 Å². The number of H-pyrrole nitrogens is 1. The molecular weight excluding hydrogens is 528 g/mol. The largest absolute Gasteiger partial charge is 0.490 e. The highest BCUT2D eigenvalue weighted by Gasteiger charge is 2.36.